The van der Waals surface area contributed by atoms with Gasteiger partial charge < -0.3 is 9.84 Å². The van der Waals surface area contributed by atoms with Gasteiger partial charge in [-0.2, -0.15) is 0 Å². The minimum atomic E-state index is -0.605. The molecule has 8 heteroatoms. The normalized spacial score (nSPS) is 11.0. The fourth-order valence-corrected chi connectivity index (χ4v) is 2.42. The molecule has 1 aromatic carbocycles. The lowest BCUT2D eigenvalue weighted by molar-refractivity contribution is 0.0526. The number of esters is 1. The Hall–Kier alpha value is -3.16. The number of carbonyl (C=O) groups is 1. The molecule has 138 valence electrons. The second-order valence-corrected chi connectivity index (χ2v) is 5.34. The topological polar surface area (TPSA) is 103 Å². The van der Waals surface area contributed by atoms with Crippen LogP contribution >= 0.6 is 0 Å². The predicted molar refractivity (Wildman–Crippen MR) is 97.6 cm³/mol. The highest BCUT2D eigenvalue weighted by atomic mass is 16.5. The Bertz CT molecular complexity index is 939. The number of hydrogen-bond donors (Lipinski definition) is 1. The molecule has 0 unspecified atom stereocenters. The van der Waals surface area contributed by atoms with Crippen molar-refractivity contribution in [2.75, 3.05) is 6.61 Å². The number of hydrogen-bond acceptors (Lipinski definition) is 6. The summed E-state index contributed by atoms with van der Waals surface area (Å²) >= 11 is 0. The second-order valence-electron chi connectivity index (χ2n) is 5.34. The standard InChI is InChI=1S/C18H21N3O5/c1-4-20-15(22)14(16(23)21(5-2)18(20)25)11-19-13-9-7-12(8-10-13)17(24)26-6-3/h7-11,22H,4-6H2,1-3H3. The third-order valence-corrected chi connectivity index (χ3v) is 3.79. The van der Waals surface area contributed by atoms with Gasteiger partial charge in [0.1, 0.15) is 5.56 Å². The lowest BCUT2D eigenvalue weighted by atomic mass is 10.2. The van der Waals surface area contributed by atoms with Gasteiger partial charge in [0.15, 0.2) is 0 Å². The van der Waals surface area contributed by atoms with Crippen LogP contribution in [0.2, 0.25) is 0 Å². The number of aliphatic imine (C=N–C) groups is 1. The highest BCUT2D eigenvalue weighted by Crippen LogP contribution is 2.15. The molecular formula is C18H21N3O5. The van der Waals surface area contributed by atoms with Crippen molar-refractivity contribution in [2.24, 2.45) is 4.99 Å². The Kier molecular flexibility index (Phi) is 6.11. The van der Waals surface area contributed by atoms with Gasteiger partial charge in [-0.05, 0) is 45.0 Å². The Morgan fingerprint density at radius 3 is 2.27 bits per heavy atom. The summed E-state index contributed by atoms with van der Waals surface area (Å²) in [6, 6.07) is 6.30. The monoisotopic (exact) mass is 359 g/mol. The van der Waals surface area contributed by atoms with Crippen LogP contribution in [0.5, 0.6) is 5.88 Å². The van der Waals surface area contributed by atoms with Crippen LogP contribution in [0.25, 0.3) is 0 Å². The van der Waals surface area contributed by atoms with Gasteiger partial charge in [0.05, 0.1) is 17.9 Å². The van der Waals surface area contributed by atoms with E-state index in [0.29, 0.717) is 11.3 Å². The van der Waals surface area contributed by atoms with Crippen molar-refractivity contribution >= 4 is 17.9 Å². The Balaban J connectivity index is 2.41. The van der Waals surface area contributed by atoms with Crippen LogP contribution in [0.4, 0.5) is 5.69 Å². The summed E-state index contributed by atoms with van der Waals surface area (Å²) in [6.45, 7) is 5.79. The molecule has 0 atom stereocenters. The molecule has 1 heterocycles. The molecule has 0 radical (unpaired) electrons. The predicted octanol–water partition coefficient (Wildman–Crippen LogP) is 1.68. The highest BCUT2D eigenvalue weighted by Gasteiger charge is 2.15. The van der Waals surface area contributed by atoms with E-state index in [9.17, 15) is 19.5 Å². The summed E-state index contributed by atoms with van der Waals surface area (Å²) in [5, 5.41) is 10.2. The maximum Gasteiger partial charge on any atom is 0.338 e. The molecule has 8 nitrogen and oxygen atoms in total. The van der Waals surface area contributed by atoms with E-state index >= 15 is 0 Å². The van der Waals surface area contributed by atoms with Gasteiger partial charge in [0, 0.05) is 19.3 Å². The molecule has 0 amide bonds. The molecule has 0 bridgehead atoms. The van der Waals surface area contributed by atoms with E-state index in [0.717, 1.165) is 9.13 Å². The third kappa shape index (κ3) is 3.74. The largest absolute Gasteiger partial charge is 0.494 e. The van der Waals surface area contributed by atoms with Gasteiger partial charge in [0.25, 0.3) is 5.56 Å². The Labute approximate surface area is 150 Å². The van der Waals surface area contributed by atoms with E-state index in [2.05, 4.69) is 4.99 Å². The molecular weight excluding hydrogens is 338 g/mol. The third-order valence-electron chi connectivity index (χ3n) is 3.79. The van der Waals surface area contributed by atoms with Crippen molar-refractivity contribution in [1.82, 2.24) is 9.13 Å². The minimum Gasteiger partial charge on any atom is -0.494 e. The summed E-state index contributed by atoms with van der Waals surface area (Å²) in [5.41, 5.74) is -0.363. The number of rotatable bonds is 6. The molecule has 0 aliphatic heterocycles. The molecule has 0 aliphatic rings. The van der Waals surface area contributed by atoms with Crippen molar-refractivity contribution < 1.29 is 14.6 Å². The summed E-state index contributed by atoms with van der Waals surface area (Å²) in [4.78, 5) is 40.3. The van der Waals surface area contributed by atoms with E-state index in [-0.39, 0.29) is 25.3 Å². The van der Waals surface area contributed by atoms with Crippen molar-refractivity contribution in [1.29, 1.82) is 0 Å². The number of benzene rings is 1. The van der Waals surface area contributed by atoms with Gasteiger partial charge in [-0.1, -0.05) is 0 Å². The SMILES string of the molecule is CCOC(=O)c1ccc(N=Cc2c(O)n(CC)c(=O)n(CC)c2=O)cc1. The molecule has 0 spiro atoms. The van der Waals surface area contributed by atoms with E-state index < -0.39 is 23.1 Å². The molecule has 2 aromatic rings. The fourth-order valence-electron chi connectivity index (χ4n) is 2.42. The van der Waals surface area contributed by atoms with Gasteiger partial charge >= 0.3 is 11.7 Å². The van der Waals surface area contributed by atoms with Crippen molar-refractivity contribution in [2.45, 2.75) is 33.9 Å². The van der Waals surface area contributed by atoms with E-state index in [1.54, 1.807) is 45.0 Å². The zero-order chi connectivity index (χ0) is 19.3. The van der Waals surface area contributed by atoms with Crippen molar-refractivity contribution in [3.05, 3.63) is 56.2 Å². The molecule has 1 N–H and O–H groups in total. The summed E-state index contributed by atoms with van der Waals surface area (Å²) < 4.78 is 7.05. The second kappa shape index (κ2) is 8.28. The molecule has 0 saturated heterocycles. The molecule has 26 heavy (non-hydrogen) atoms. The van der Waals surface area contributed by atoms with Crippen LogP contribution in [0, 0.1) is 0 Å². The summed E-state index contributed by atoms with van der Waals surface area (Å²) in [6.07, 6.45) is 1.22. The van der Waals surface area contributed by atoms with Crippen LogP contribution in [0.15, 0.2) is 38.8 Å². The Morgan fingerprint density at radius 1 is 1.12 bits per heavy atom. The van der Waals surface area contributed by atoms with Crippen molar-refractivity contribution in [3.63, 3.8) is 0 Å². The maximum absolute atomic E-state index is 12.4. The first-order chi connectivity index (χ1) is 12.4. The smallest absolute Gasteiger partial charge is 0.338 e. The van der Waals surface area contributed by atoms with E-state index in [4.69, 9.17) is 4.74 Å². The average molecular weight is 359 g/mol. The average Bonchev–Trinajstić information content (AvgIpc) is 2.63. The molecule has 0 aliphatic carbocycles. The number of nitrogens with zero attached hydrogens (tertiary/aromatic N) is 3. The molecule has 0 saturated carbocycles. The number of aromatic hydroxyl groups is 1. The van der Waals surface area contributed by atoms with Gasteiger partial charge in [0.2, 0.25) is 5.88 Å². The highest BCUT2D eigenvalue weighted by molar-refractivity contribution is 5.90. The van der Waals surface area contributed by atoms with Crippen molar-refractivity contribution in [3.8, 4) is 5.88 Å². The Morgan fingerprint density at radius 2 is 1.73 bits per heavy atom. The van der Waals surface area contributed by atoms with Crippen LogP contribution in [-0.2, 0) is 17.8 Å². The van der Waals surface area contributed by atoms with Gasteiger partial charge in [-0.3, -0.25) is 18.9 Å². The van der Waals surface area contributed by atoms with Crippen LogP contribution in [0.1, 0.15) is 36.7 Å². The van der Waals surface area contributed by atoms with Crippen LogP contribution < -0.4 is 11.2 Å². The fraction of sp³-hybridized carbons (Fsp3) is 0.333. The first-order valence-electron chi connectivity index (χ1n) is 8.32. The van der Waals surface area contributed by atoms with Crippen LogP contribution in [0.3, 0.4) is 0 Å². The lowest BCUT2D eigenvalue weighted by Crippen LogP contribution is -2.41. The summed E-state index contributed by atoms with van der Waals surface area (Å²) in [7, 11) is 0. The van der Waals surface area contributed by atoms with Gasteiger partial charge in [-0.25, -0.2) is 9.59 Å². The zero-order valence-electron chi connectivity index (χ0n) is 14.9. The number of ether oxygens (including phenoxy) is 1. The first-order valence-corrected chi connectivity index (χ1v) is 8.32. The molecule has 2 rings (SSSR count). The number of aromatic nitrogens is 2. The summed E-state index contributed by atoms with van der Waals surface area (Å²) in [5.74, 6) is -0.847. The van der Waals surface area contributed by atoms with Crippen LogP contribution in [-0.4, -0.2) is 33.0 Å². The molecule has 0 fully saturated rings. The quantitative estimate of drug-likeness (QED) is 0.624. The van der Waals surface area contributed by atoms with Gasteiger partial charge in [-0.15, -0.1) is 0 Å². The van der Waals surface area contributed by atoms with E-state index in [1.807, 2.05) is 0 Å². The van der Waals surface area contributed by atoms with E-state index in [1.165, 1.54) is 6.21 Å². The molecule has 1 aromatic heterocycles. The minimum absolute atomic E-state index is 0.0669. The lowest BCUT2D eigenvalue weighted by Gasteiger charge is -2.11. The zero-order valence-corrected chi connectivity index (χ0v) is 14.9. The number of carbonyl (C=O) groups excluding carboxylic acids is 1. The first kappa shape index (κ1) is 19.2. The maximum atomic E-state index is 12.4.